The van der Waals surface area contributed by atoms with Gasteiger partial charge in [0, 0.05) is 30.7 Å². The van der Waals surface area contributed by atoms with Crippen LogP contribution in [0.15, 0.2) is 65.6 Å². The summed E-state index contributed by atoms with van der Waals surface area (Å²) in [5.41, 5.74) is 3.63. The number of anilines is 2. The van der Waals surface area contributed by atoms with Crippen molar-refractivity contribution in [2.75, 3.05) is 24.3 Å². The number of carbonyl (C=O) groups is 1. The molecule has 5 nitrogen and oxygen atoms in total. The standard InChI is InChI=1S/C21H18N4OS/c1-25(2)18-10-8-15(9-11-18)12-17(13-22)20(26)24-21-23-19(14-27-21)16-6-4-3-5-7-16/h3-12,14H,1-2H3,(H,23,24,26). The SMILES string of the molecule is CN(C)c1ccc(C=C(C#N)C(=O)Nc2nc(-c3ccccc3)cs2)cc1. The summed E-state index contributed by atoms with van der Waals surface area (Å²) in [5, 5.41) is 14.4. The van der Waals surface area contributed by atoms with Crippen LogP contribution in [0.4, 0.5) is 10.8 Å². The summed E-state index contributed by atoms with van der Waals surface area (Å²) in [7, 11) is 3.91. The first-order valence-electron chi connectivity index (χ1n) is 8.28. The van der Waals surface area contributed by atoms with E-state index in [1.165, 1.54) is 11.3 Å². The normalized spacial score (nSPS) is 10.9. The second-order valence-electron chi connectivity index (χ2n) is 6.01. The van der Waals surface area contributed by atoms with E-state index in [0.29, 0.717) is 5.13 Å². The van der Waals surface area contributed by atoms with Gasteiger partial charge in [0.05, 0.1) is 5.69 Å². The van der Waals surface area contributed by atoms with Gasteiger partial charge in [0.15, 0.2) is 5.13 Å². The van der Waals surface area contributed by atoms with Crippen LogP contribution in [0.3, 0.4) is 0 Å². The lowest BCUT2D eigenvalue weighted by Crippen LogP contribution is -2.13. The van der Waals surface area contributed by atoms with Gasteiger partial charge in [-0.2, -0.15) is 5.26 Å². The van der Waals surface area contributed by atoms with Gasteiger partial charge in [-0.3, -0.25) is 10.1 Å². The fourth-order valence-corrected chi connectivity index (χ4v) is 3.14. The number of nitrogens with zero attached hydrogens (tertiary/aromatic N) is 3. The summed E-state index contributed by atoms with van der Waals surface area (Å²) in [6, 6.07) is 19.3. The Kier molecular flexibility index (Phi) is 5.64. The summed E-state index contributed by atoms with van der Waals surface area (Å²) in [4.78, 5) is 18.8. The lowest BCUT2D eigenvalue weighted by Gasteiger charge is -2.11. The van der Waals surface area contributed by atoms with E-state index < -0.39 is 5.91 Å². The maximum absolute atomic E-state index is 12.4. The van der Waals surface area contributed by atoms with E-state index >= 15 is 0 Å². The fraction of sp³-hybridized carbons (Fsp3) is 0.0952. The van der Waals surface area contributed by atoms with Crippen LogP contribution >= 0.6 is 11.3 Å². The van der Waals surface area contributed by atoms with Crippen molar-refractivity contribution in [3.63, 3.8) is 0 Å². The molecular formula is C21H18N4OS. The Bertz CT molecular complexity index is 999. The molecule has 0 unspecified atom stereocenters. The van der Waals surface area contributed by atoms with Gasteiger partial charge >= 0.3 is 0 Å². The minimum atomic E-state index is -0.469. The number of hydrogen-bond acceptors (Lipinski definition) is 5. The zero-order valence-corrected chi connectivity index (χ0v) is 15.8. The van der Waals surface area contributed by atoms with Gasteiger partial charge < -0.3 is 4.90 Å². The van der Waals surface area contributed by atoms with E-state index in [9.17, 15) is 10.1 Å². The molecule has 1 heterocycles. The zero-order chi connectivity index (χ0) is 19.2. The molecule has 0 saturated heterocycles. The van der Waals surface area contributed by atoms with Gasteiger partial charge in [0.2, 0.25) is 0 Å². The van der Waals surface area contributed by atoms with Gasteiger partial charge in [0.1, 0.15) is 11.6 Å². The first kappa shape index (κ1) is 18.4. The predicted octanol–water partition coefficient (Wildman–Crippen LogP) is 4.42. The van der Waals surface area contributed by atoms with Crippen molar-refractivity contribution in [2.24, 2.45) is 0 Å². The Labute approximate surface area is 162 Å². The van der Waals surface area contributed by atoms with Gasteiger partial charge in [0.25, 0.3) is 5.91 Å². The Morgan fingerprint density at radius 1 is 1.15 bits per heavy atom. The van der Waals surface area contributed by atoms with Crippen LogP contribution in [0.5, 0.6) is 0 Å². The number of amides is 1. The average molecular weight is 374 g/mol. The zero-order valence-electron chi connectivity index (χ0n) is 15.0. The summed E-state index contributed by atoms with van der Waals surface area (Å²) >= 11 is 1.33. The van der Waals surface area contributed by atoms with Crippen molar-refractivity contribution < 1.29 is 4.79 Å². The number of thiazole rings is 1. The Morgan fingerprint density at radius 2 is 1.85 bits per heavy atom. The number of aromatic nitrogens is 1. The first-order chi connectivity index (χ1) is 13.1. The molecule has 27 heavy (non-hydrogen) atoms. The number of hydrogen-bond donors (Lipinski definition) is 1. The Morgan fingerprint density at radius 3 is 2.48 bits per heavy atom. The van der Waals surface area contributed by atoms with Crippen molar-refractivity contribution >= 4 is 34.1 Å². The second-order valence-corrected chi connectivity index (χ2v) is 6.87. The minimum absolute atomic E-state index is 0.0315. The van der Waals surface area contributed by atoms with Gasteiger partial charge in [-0.15, -0.1) is 11.3 Å². The summed E-state index contributed by atoms with van der Waals surface area (Å²) in [5.74, 6) is -0.469. The summed E-state index contributed by atoms with van der Waals surface area (Å²) in [6.07, 6.45) is 1.57. The van der Waals surface area contributed by atoms with Gasteiger partial charge in [-0.25, -0.2) is 4.98 Å². The third kappa shape index (κ3) is 4.60. The van der Waals surface area contributed by atoms with E-state index in [0.717, 1.165) is 22.5 Å². The van der Waals surface area contributed by atoms with Crippen LogP contribution in [0.2, 0.25) is 0 Å². The molecule has 0 spiro atoms. The Balaban J connectivity index is 1.74. The molecule has 0 saturated carbocycles. The number of nitrogens with one attached hydrogen (secondary N) is 1. The van der Waals surface area contributed by atoms with Crippen LogP contribution < -0.4 is 10.2 Å². The molecule has 0 bridgehead atoms. The largest absolute Gasteiger partial charge is 0.378 e. The van der Waals surface area contributed by atoms with E-state index in [4.69, 9.17) is 0 Å². The molecule has 3 aromatic rings. The molecule has 0 radical (unpaired) electrons. The van der Waals surface area contributed by atoms with Crippen molar-refractivity contribution in [1.82, 2.24) is 4.98 Å². The van der Waals surface area contributed by atoms with Crippen LogP contribution in [-0.2, 0) is 4.79 Å². The third-order valence-corrected chi connectivity index (χ3v) is 4.64. The van der Waals surface area contributed by atoms with Crippen molar-refractivity contribution in [1.29, 1.82) is 5.26 Å². The topological polar surface area (TPSA) is 69.0 Å². The molecule has 2 aromatic carbocycles. The Hall–Kier alpha value is -3.43. The monoisotopic (exact) mass is 374 g/mol. The minimum Gasteiger partial charge on any atom is -0.378 e. The van der Waals surface area contributed by atoms with Crippen LogP contribution in [0, 0.1) is 11.3 Å². The summed E-state index contributed by atoms with van der Waals surface area (Å²) in [6.45, 7) is 0. The molecule has 0 aliphatic heterocycles. The smallest absolute Gasteiger partial charge is 0.268 e. The van der Waals surface area contributed by atoms with Gasteiger partial charge in [-0.1, -0.05) is 42.5 Å². The van der Waals surface area contributed by atoms with Crippen molar-refractivity contribution in [3.05, 3.63) is 71.1 Å². The highest BCUT2D eigenvalue weighted by molar-refractivity contribution is 7.14. The quantitative estimate of drug-likeness (QED) is 0.530. The van der Waals surface area contributed by atoms with Gasteiger partial charge in [-0.05, 0) is 23.8 Å². The average Bonchev–Trinajstić information content (AvgIpc) is 3.15. The molecule has 1 N–H and O–H groups in total. The number of nitriles is 1. The highest BCUT2D eigenvalue weighted by atomic mass is 32.1. The van der Waals surface area contributed by atoms with E-state index in [1.54, 1.807) is 6.08 Å². The number of benzene rings is 2. The maximum Gasteiger partial charge on any atom is 0.268 e. The van der Waals surface area contributed by atoms with Crippen LogP contribution in [0.25, 0.3) is 17.3 Å². The molecule has 134 valence electrons. The van der Waals surface area contributed by atoms with Crippen molar-refractivity contribution in [3.8, 4) is 17.3 Å². The number of carbonyl (C=O) groups excluding carboxylic acids is 1. The predicted molar refractivity (Wildman–Crippen MR) is 111 cm³/mol. The fourth-order valence-electron chi connectivity index (χ4n) is 2.42. The molecule has 0 atom stereocenters. The van der Waals surface area contributed by atoms with Crippen LogP contribution in [-0.4, -0.2) is 25.0 Å². The molecule has 0 aliphatic rings. The highest BCUT2D eigenvalue weighted by Gasteiger charge is 2.12. The lowest BCUT2D eigenvalue weighted by molar-refractivity contribution is -0.112. The van der Waals surface area contributed by atoms with Crippen LogP contribution in [0.1, 0.15) is 5.56 Å². The molecule has 3 rings (SSSR count). The molecule has 1 amide bonds. The molecule has 0 aliphatic carbocycles. The lowest BCUT2D eigenvalue weighted by atomic mass is 10.1. The molecule has 6 heteroatoms. The first-order valence-corrected chi connectivity index (χ1v) is 9.16. The maximum atomic E-state index is 12.4. The number of rotatable bonds is 5. The van der Waals surface area contributed by atoms with Crippen molar-refractivity contribution in [2.45, 2.75) is 0 Å². The highest BCUT2D eigenvalue weighted by Crippen LogP contribution is 2.25. The molecule has 1 aromatic heterocycles. The summed E-state index contributed by atoms with van der Waals surface area (Å²) < 4.78 is 0. The third-order valence-electron chi connectivity index (χ3n) is 3.88. The van der Waals surface area contributed by atoms with E-state index in [-0.39, 0.29) is 5.57 Å². The second kappa shape index (κ2) is 8.30. The molecule has 0 fully saturated rings. The van der Waals surface area contributed by atoms with E-state index in [2.05, 4.69) is 10.3 Å². The molecular weight excluding hydrogens is 356 g/mol. The van der Waals surface area contributed by atoms with E-state index in [1.807, 2.05) is 85.0 Å².